The summed E-state index contributed by atoms with van der Waals surface area (Å²) < 4.78 is 0. The molecule has 0 atom stereocenters. The van der Waals surface area contributed by atoms with Crippen molar-refractivity contribution in [1.29, 1.82) is 0 Å². The van der Waals surface area contributed by atoms with E-state index < -0.39 is 0 Å². The zero-order chi connectivity index (χ0) is 12.1. The first kappa shape index (κ1) is 11.5. The van der Waals surface area contributed by atoms with Gasteiger partial charge in [0.05, 0.1) is 0 Å². The molecule has 2 heteroatoms. The van der Waals surface area contributed by atoms with Crippen LogP contribution in [-0.4, -0.2) is 14.1 Å². The maximum Gasteiger partial charge on any atom is 0.0337 e. The van der Waals surface area contributed by atoms with Crippen LogP contribution in [0.4, 0.5) is 5.69 Å². The quantitative estimate of drug-likeness (QED) is 0.827. The van der Waals surface area contributed by atoms with Crippen LogP contribution >= 0.6 is 0 Å². The summed E-state index contributed by atoms with van der Waals surface area (Å²) in [6.07, 6.45) is 9.57. The largest absolute Gasteiger partial charge is 0.388 e. The molecule has 1 aliphatic carbocycles. The lowest BCUT2D eigenvalue weighted by molar-refractivity contribution is 1.03. The molecule has 0 aromatic heterocycles. The average molecular weight is 226 g/mol. The Bertz CT molecular complexity index is 464. The van der Waals surface area contributed by atoms with Gasteiger partial charge >= 0.3 is 0 Å². The number of likely N-dealkylation sites (N-methyl/N-ethyl adjacent to an activating group) is 1. The van der Waals surface area contributed by atoms with Gasteiger partial charge in [-0.25, -0.2) is 0 Å². The third-order valence-electron chi connectivity index (χ3n) is 2.93. The molecule has 1 aliphatic rings. The summed E-state index contributed by atoms with van der Waals surface area (Å²) in [5.41, 5.74) is 4.91. The Labute approximate surface area is 103 Å². The summed E-state index contributed by atoms with van der Waals surface area (Å²) in [4.78, 5) is 0. The number of allylic oxidation sites excluding steroid dienone is 5. The Balaban J connectivity index is 2.25. The van der Waals surface area contributed by atoms with Crippen LogP contribution < -0.4 is 10.6 Å². The van der Waals surface area contributed by atoms with E-state index in [-0.39, 0.29) is 0 Å². The topological polar surface area (TPSA) is 24.1 Å². The van der Waals surface area contributed by atoms with Crippen molar-refractivity contribution in [3.8, 4) is 0 Å². The SMILES string of the molecule is CNC1=CC=C(c2ccc(NC)cc2)CC=C1. The van der Waals surface area contributed by atoms with Crippen LogP contribution in [0.3, 0.4) is 0 Å². The van der Waals surface area contributed by atoms with Crippen LogP contribution in [0.2, 0.25) is 0 Å². The first-order valence-corrected chi connectivity index (χ1v) is 5.87. The predicted octanol–water partition coefficient (Wildman–Crippen LogP) is 3.17. The lowest BCUT2D eigenvalue weighted by Crippen LogP contribution is -2.01. The fourth-order valence-electron chi connectivity index (χ4n) is 1.86. The molecule has 0 heterocycles. The highest BCUT2D eigenvalue weighted by atomic mass is 14.8. The van der Waals surface area contributed by atoms with E-state index in [1.807, 2.05) is 14.1 Å². The lowest BCUT2D eigenvalue weighted by Gasteiger charge is -2.05. The minimum Gasteiger partial charge on any atom is -0.388 e. The van der Waals surface area contributed by atoms with E-state index in [9.17, 15) is 0 Å². The number of anilines is 1. The zero-order valence-corrected chi connectivity index (χ0v) is 10.3. The van der Waals surface area contributed by atoms with Gasteiger partial charge in [-0.3, -0.25) is 0 Å². The number of nitrogens with one attached hydrogen (secondary N) is 2. The van der Waals surface area contributed by atoms with E-state index in [0.29, 0.717) is 0 Å². The van der Waals surface area contributed by atoms with Crippen molar-refractivity contribution < 1.29 is 0 Å². The predicted molar refractivity (Wildman–Crippen MR) is 74.9 cm³/mol. The fourth-order valence-corrected chi connectivity index (χ4v) is 1.86. The summed E-state index contributed by atoms with van der Waals surface area (Å²) in [7, 11) is 3.88. The van der Waals surface area contributed by atoms with E-state index in [0.717, 1.165) is 17.8 Å². The fraction of sp³-hybridized carbons (Fsp3) is 0.200. The molecule has 2 nitrogen and oxygen atoms in total. The lowest BCUT2D eigenvalue weighted by atomic mass is 10.0. The monoisotopic (exact) mass is 226 g/mol. The molecular weight excluding hydrogens is 208 g/mol. The maximum atomic E-state index is 3.15. The molecule has 0 radical (unpaired) electrons. The van der Waals surface area contributed by atoms with Gasteiger partial charge < -0.3 is 10.6 Å². The van der Waals surface area contributed by atoms with Gasteiger partial charge in [0.1, 0.15) is 0 Å². The Morgan fingerprint density at radius 3 is 2.35 bits per heavy atom. The van der Waals surface area contributed by atoms with Crippen LogP contribution in [0.5, 0.6) is 0 Å². The Morgan fingerprint density at radius 1 is 0.941 bits per heavy atom. The molecule has 0 saturated heterocycles. The van der Waals surface area contributed by atoms with Gasteiger partial charge in [-0.15, -0.1) is 0 Å². The summed E-state index contributed by atoms with van der Waals surface area (Å²) >= 11 is 0. The van der Waals surface area contributed by atoms with Crippen molar-refractivity contribution in [3.05, 3.63) is 59.8 Å². The second kappa shape index (κ2) is 5.39. The number of benzene rings is 1. The summed E-state index contributed by atoms with van der Waals surface area (Å²) in [5.74, 6) is 0. The van der Waals surface area contributed by atoms with Crippen molar-refractivity contribution in [1.82, 2.24) is 5.32 Å². The first-order valence-electron chi connectivity index (χ1n) is 5.87. The number of hydrogen-bond acceptors (Lipinski definition) is 2. The molecule has 0 fully saturated rings. The molecule has 1 aromatic carbocycles. The van der Waals surface area contributed by atoms with E-state index in [2.05, 4.69) is 59.2 Å². The first-order chi connectivity index (χ1) is 8.33. The third-order valence-corrected chi connectivity index (χ3v) is 2.93. The second-order valence-corrected chi connectivity index (χ2v) is 4.00. The van der Waals surface area contributed by atoms with Gasteiger partial charge in [-0.1, -0.05) is 24.3 Å². The Morgan fingerprint density at radius 2 is 1.71 bits per heavy atom. The van der Waals surface area contributed by atoms with Crippen LogP contribution in [0, 0.1) is 0 Å². The van der Waals surface area contributed by atoms with Crippen molar-refractivity contribution in [2.75, 3.05) is 19.4 Å². The molecule has 2 N–H and O–H groups in total. The van der Waals surface area contributed by atoms with Gasteiger partial charge in [-0.2, -0.15) is 0 Å². The minimum absolute atomic E-state index is 0.973. The van der Waals surface area contributed by atoms with Crippen molar-refractivity contribution in [2.45, 2.75) is 6.42 Å². The molecule has 0 unspecified atom stereocenters. The Kier molecular flexibility index (Phi) is 3.66. The summed E-state index contributed by atoms with van der Waals surface area (Å²) in [5, 5.41) is 6.28. The van der Waals surface area contributed by atoms with E-state index in [1.165, 1.54) is 11.1 Å². The number of hydrogen-bond donors (Lipinski definition) is 2. The Hall–Kier alpha value is -1.96. The summed E-state index contributed by atoms with van der Waals surface area (Å²) in [6.45, 7) is 0. The molecule has 2 rings (SSSR count). The highest BCUT2D eigenvalue weighted by molar-refractivity contribution is 5.70. The van der Waals surface area contributed by atoms with Crippen LogP contribution in [0.1, 0.15) is 12.0 Å². The van der Waals surface area contributed by atoms with Crippen molar-refractivity contribution in [2.24, 2.45) is 0 Å². The normalized spacial score (nSPS) is 14.7. The average Bonchev–Trinajstić information content (AvgIpc) is 2.64. The molecular formula is C15H18N2. The van der Waals surface area contributed by atoms with Gasteiger partial charge in [-0.05, 0) is 41.8 Å². The van der Waals surface area contributed by atoms with Gasteiger partial charge in [0.25, 0.3) is 0 Å². The maximum absolute atomic E-state index is 3.15. The molecule has 88 valence electrons. The molecule has 17 heavy (non-hydrogen) atoms. The minimum atomic E-state index is 0.973. The van der Waals surface area contributed by atoms with Crippen molar-refractivity contribution in [3.63, 3.8) is 0 Å². The van der Waals surface area contributed by atoms with Gasteiger partial charge in [0.2, 0.25) is 0 Å². The highest BCUT2D eigenvalue weighted by Crippen LogP contribution is 2.23. The number of rotatable bonds is 3. The molecule has 0 spiro atoms. The molecule has 1 aromatic rings. The highest BCUT2D eigenvalue weighted by Gasteiger charge is 2.02. The third kappa shape index (κ3) is 2.78. The van der Waals surface area contributed by atoms with E-state index >= 15 is 0 Å². The summed E-state index contributed by atoms with van der Waals surface area (Å²) in [6, 6.07) is 8.52. The standard InChI is InChI=1S/C15H18N2/c1-16-14-5-3-4-12(6-9-14)13-7-10-15(17-2)11-8-13/h3,5-11,16-17H,4H2,1-2H3. The molecule has 0 bridgehead atoms. The van der Waals surface area contributed by atoms with Crippen LogP contribution in [0.25, 0.3) is 5.57 Å². The molecule has 0 amide bonds. The molecule has 0 saturated carbocycles. The zero-order valence-electron chi connectivity index (χ0n) is 10.3. The van der Waals surface area contributed by atoms with Gasteiger partial charge in [0, 0.05) is 25.5 Å². The van der Waals surface area contributed by atoms with E-state index in [1.54, 1.807) is 0 Å². The smallest absolute Gasteiger partial charge is 0.0337 e. The van der Waals surface area contributed by atoms with Gasteiger partial charge in [0.15, 0.2) is 0 Å². The van der Waals surface area contributed by atoms with Crippen molar-refractivity contribution >= 4 is 11.3 Å². The van der Waals surface area contributed by atoms with E-state index in [4.69, 9.17) is 0 Å². The van der Waals surface area contributed by atoms with Crippen LogP contribution in [0.15, 0.2) is 54.3 Å². The van der Waals surface area contributed by atoms with Crippen LogP contribution in [-0.2, 0) is 0 Å². The second-order valence-electron chi connectivity index (χ2n) is 4.00. The molecule has 0 aliphatic heterocycles.